The number of hydrogen-bond donors (Lipinski definition) is 1. The highest BCUT2D eigenvalue weighted by Crippen LogP contribution is 2.38. The molecule has 2 heterocycles. The third-order valence-electron chi connectivity index (χ3n) is 4.83. The molecule has 3 rings (SSSR count). The van der Waals surface area contributed by atoms with E-state index in [0.717, 1.165) is 44.3 Å². The third kappa shape index (κ3) is 5.09. The summed E-state index contributed by atoms with van der Waals surface area (Å²) in [4.78, 5) is 28.7. The second-order valence-corrected chi connectivity index (χ2v) is 8.97. The zero-order valence-electron chi connectivity index (χ0n) is 16.7. The van der Waals surface area contributed by atoms with E-state index in [4.69, 9.17) is 9.47 Å². The number of fused-ring (bicyclic) bond motifs is 1. The Bertz CT molecular complexity index is 690. The van der Waals surface area contributed by atoms with Gasteiger partial charge >= 0.3 is 5.97 Å². The molecule has 1 aliphatic heterocycles. The molecule has 1 aliphatic carbocycles. The van der Waals surface area contributed by atoms with Crippen LogP contribution in [0.5, 0.6) is 0 Å². The predicted molar refractivity (Wildman–Crippen MR) is 107 cm³/mol. The van der Waals surface area contributed by atoms with Gasteiger partial charge in [0.2, 0.25) is 5.91 Å². The van der Waals surface area contributed by atoms with Gasteiger partial charge in [-0.15, -0.1) is 11.3 Å². The summed E-state index contributed by atoms with van der Waals surface area (Å²) in [5, 5.41) is 3.64. The summed E-state index contributed by atoms with van der Waals surface area (Å²) < 4.78 is 11.2. The minimum absolute atomic E-state index is 0.0894. The molecular formula is C20H30N2O4S. The minimum atomic E-state index is -0.326. The molecule has 1 amide bonds. The fraction of sp³-hybridized carbons (Fsp3) is 0.700. The summed E-state index contributed by atoms with van der Waals surface area (Å²) in [6.45, 7) is 9.51. The molecule has 150 valence electrons. The van der Waals surface area contributed by atoms with Crippen LogP contribution in [0, 0.1) is 0 Å². The summed E-state index contributed by atoms with van der Waals surface area (Å²) in [6.07, 6.45) is 4.10. The van der Waals surface area contributed by atoms with Gasteiger partial charge in [0, 0.05) is 18.0 Å². The molecule has 0 spiro atoms. The Kier molecular flexibility index (Phi) is 6.55. The van der Waals surface area contributed by atoms with Crippen LogP contribution < -0.4 is 5.32 Å². The van der Waals surface area contributed by atoms with Crippen molar-refractivity contribution in [2.75, 3.05) is 25.0 Å². The summed E-state index contributed by atoms with van der Waals surface area (Å²) in [6, 6.07) is 0. The smallest absolute Gasteiger partial charge is 0.341 e. The summed E-state index contributed by atoms with van der Waals surface area (Å²) in [5.74, 6) is -0.415. The average molecular weight is 395 g/mol. The predicted octanol–water partition coefficient (Wildman–Crippen LogP) is 3.24. The molecule has 2 unspecified atom stereocenters. The second-order valence-electron chi connectivity index (χ2n) is 7.87. The van der Waals surface area contributed by atoms with E-state index in [1.807, 2.05) is 27.7 Å². The Morgan fingerprint density at radius 2 is 1.89 bits per heavy atom. The lowest BCUT2D eigenvalue weighted by molar-refractivity contribution is -0.121. The number of nitrogens with zero attached hydrogens (tertiary/aromatic N) is 1. The Labute approximate surface area is 165 Å². The first kappa shape index (κ1) is 20.3. The van der Waals surface area contributed by atoms with Crippen LogP contribution >= 0.6 is 11.3 Å². The van der Waals surface area contributed by atoms with Gasteiger partial charge in [0.1, 0.15) is 5.00 Å². The monoisotopic (exact) mass is 394 g/mol. The number of thiophene rings is 1. The number of hydrogen-bond acceptors (Lipinski definition) is 6. The lowest BCUT2D eigenvalue weighted by atomic mass is 9.95. The van der Waals surface area contributed by atoms with Gasteiger partial charge in [-0.2, -0.15) is 0 Å². The molecule has 2 aliphatic rings. The Morgan fingerprint density at radius 1 is 1.22 bits per heavy atom. The first-order valence-electron chi connectivity index (χ1n) is 9.86. The number of carbonyl (C=O) groups is 2. The third-order valence-corrected chi connectivity index (χ3v) is 6.04. The fourth-order valence-electron chi connectivity index (χ4n) is 3.93. The van der Waals surface area contributed by atoms with Crippen LogP contribution in [-0.2, 0) is 27.1 Å². The number of anilines is 1. The molecule has 1 N–H and O–H groups in total. The quantitative estimate of drug-likeness (QED) is 0.777. The van der Waals surface area contributed by atoms with Crippen molar-refractivity contribution in [1.29, 1.82) is 0 Å². The van der Waals surface area contributed by atoms with Crippen molar-refractivity contribution in [3.8, 4) is 0 Å². The standard InChI is InChI=1S/C20H30N2O4S/c1-12(2)25-20(24)18-15-7-5-6-8-16(15)27-19(18)21-17(23)11-22-9-13(3)26-14(4)10-22/h12-14H,5-11H2,1-4H3,(H,21,23). The number of rotatable bonds is 5. The highest BCUT2D eigenvalue weighted by molar-refractivity contribution is 7.17. The minimum Gasteiger partial charge on any atom is -0.459 e. The van der Waals surface area contributed by atoms with Crippen LogP contribution in [0.1, 0.15) is 61.3 Å². The van der Waals surface area contributed by atoms with Gasteiger partial charge in [0.05, 0.1) is 30.4 Å². The van der Waals surface area contributed by atoms with E-state index < -0.39 is 0 Å². The summed E-state index contributed by atoms with van der Waals surface area (Å²) in [5.41, 5.74) is 1.64. The van der Waals surface area contributed by atoms with Gasteiger partial charge in [0.25, 0.3) is 0 Å². The van der Waals surface area contributed by atoms with Crippen molar-refractivity contribution in [2.45, 2.75) is 71.7 Å². The lowest BCUT2D eigenvalue weighted by Gasteiger charge is -2.34. The SMILES string of the molecule is CC(C)OC(=O)c1c(NC(=O)CN2CC(C)OC(C)C2)sc2c1CCCC2. The molecule has 1 aromatic heterocycles. The maximum absolute atomic E-state index is 12.7. The molecule has 6 nitrogen and oxygen atoms in total. The van der Waals surface area contributed by atoms with Crippen molar-refractivity contribution in [1.82, 2.24) is 4.90 Å². The second kappa shape index (κ2) is 8.71. The van der Waals surface area contributed by atoms with Crippen LogP contribution in [0.3, 0.4) is 0 Å². The molecule has 1 fully saturated rings. The van der Waals surface area contributed by atoms with Crippen molar-refractivity contribution in [3.63, 3.8) is 0 Å². The van der Waals surface area contributed by atoms with Gasteiger partial charge in [-0.1, -0.05) is 0 Å². The number of nitrogens with one attached hydrogen (secondary N) is 1. The zero-order valence-corrected chi connectivity index (χ0v) is 17.5. The highest BCUT2D eigenvalue weighted by atomic mass is 32.1. The fourth-order valence-corrected chi connectivity index (χ4v) is 5.22. The van der Waals surface area contributed by atoms with Crippen molar-refractivity contribution >= 4 is 28.2 Å². The number of amides is 1. The average Bonchev–Trinajstić information content (AvgIpc) is 2.90. The first-order valence-corrected chi connectivity index (χ1v) is 10.7. The van der Waals surface area contributed by atoms with Crippen LogP contribution in [-0.4, -0.2) is 54.7 Å². The molecule has 0 aromatic carbocycles. The lowest BCUT2D eigenvalue weighted by Crippen LogP contribution is -2.48. The van der Waals surface area contributed by atoms with E-state index in [-0.39, 0.29) is 30.2 Å². The van der Waals surface area contributed by atoms with Crippen molar-refractivity contribution < 1.29 is 19.1 Å². The van der Waals surface area contributed by atoms with Crippen LogP contribution in [0.4, 0.5) is 5.00 Å². The molecular weight excluding hydrogens is 364 g/mol. The Balaban J connectivity index is 1.74. The van der Waals surface area contributed by atoms with Crippen LogP contribution in [0.25, 0.3) is 0 Å². The zero-order chi connectivity index (χ0) is 19.6. The molecule has 7 heteroatoms. The van der Waals surface area contributed by atoms with E-state index >= 15 is 0 Å². The largest absolute Gasteiger partial charge is 0.459 e. The van der Waals surface area contributed by atoms with Crippen LogP contribution in [0.15, 0.2) is 0 Å². The maximum Gasteiger partial charge on any atom is 0.341 e. The Morgan fingerprint density at radius 3 is 2.56 bits per heavy atom. The Hall–Kier alpha value is -1.44. The van der Waals surface area contributed by atoms with Gasteiger partial charge in [-0.05, 0) is 58.9 Å². The number of morpholine rings is 1. The summed E-state index contributed by atoms with van der Waals surface area (Å²) in [7, 11) is 0. The van der Waals surface area contributed by atoms with Crippen LogP contribution in [0.2, 0.25) is 0 Å². The molecule has 0 saturated carbocycles. The molecule has 2 atom stereocenters. The van der Waals surface area contributed by atoms with E-state index in [2.05, 4.69) is 10.2 Å². The molecule has 1 aromatic rings. The number of ether oxygens (including phenoxy) is 2. The molecule has 1 saturated heterocycles. The normalized spacial score (nSPS) is 23.1. The maximum atomic E-state index is 12.7. The molecule has 0 bridgehead atoms. The number of aryl methyl sites for hydroxylation is 1. The first-order chi connectivity index (χ1) is 12.8. The van der Waals surface area contributed by atoms with Gasteiger partial charge in [-0.3, -0.25) is 9.69 Å². The van der Waals surface area contributed by atoms with Crippen molar-refractivity contribution in [3.05, 3.63) is 16.0 Å². The number of carbonyl (C=O) groups excluding carboxylic acids is 2. The van der Waals surface area contributed by atoms with E-state index in [1.54, 1.807) is 0 Å². The van der Waals surface area contributed by atoms with E-state index in [9.17, 15) is 9.59 Å². The van der Waals surface area contributed by atoms with Gasteiger partial charge < -0.3 is 14.8 Å². The van der Waals surface area contributed by atoms with E-state index in [1.165, 1.54) is 16.2 Å². The van der Waals surface area contributed by atoms with Gasteiger partial charge in [0.15, 0.2) is 0 Å². The topological polar surface area (TPSA) is 67.9 Å². The van der Waals surface area contributed by atoms with E-state index in [0.29, 0.717) is 17.1 Å². The summed E-state index contributed by atoms with van der Waals surface area (Å²) >= 11 is 1.53. The van der Waals surface area contributed by atoms with Gasteiger partial charge in [-0.25, -0.2) is 4.79 Å². The molecule has 27 heavy (non-hydrogen) atoms. The number of esters is 1. The highest BCUT2D eigenvalue weighted by Gasteiger charge is 2.29. The van der Waals surface area contributed by atoms with Crippen molar-refractivity contribution in [2.24, 2.45) is 0 Å². The molecule has 0 radical (unpaired) electrons.